The summed E-state index contributed by atoms with van der Waals surface area (Å²) in [4.78, 5) is 14.4. The molecule has 0 bridgehead atoms. The van der Waals surface area contributed by atoms with Gasteiger partial charge in [0, 0.05) is 23.3 Å². The van der Waals surface area contributed by atoms with E-state index in [1.54, 1.807) is 14.0 Å². The molecule has 6 rings (SSSR count). The highest BCUT2D eigenvalue weighted by Crippen LogP contribution is 2.46. The summed E-state index contributed by atoms with van der Waals surface area (Å²) < 4.78 is 85.7. The lowest BCUT2D eigenvalue weighted by Crippen LogP contribution is -2.35. The van der Waals surface area contributed by atoms with Gasteiger partial charge in [0.25, 0.3) is 5.56 Å². The number of alkyl halides is 3. The van der Waals surface area contributed by atoms with Crippen molar-refractivity contribution in [1.82, 2.24) is 9.88 Å². The molecule has 0 spiro atoms. The van der Waals surface area contributed by atoms with Gasteiger partial charge in [-0.2, -0.15) is 13.2 Å². The average Bonchev–Trinajstić information content (AvgIpc) is 3.42. The van der Waals surface area contributed by atoms with Gasteiger partial charge in [0.2, 0.25) is 0 Å². The minimum Gasteiger partial charge on any atom is -0.486 e. The Morgan fingerprint density at radius 1 is 1.00 bits per heavy atom. The topological polar surface area (TPSA) is 52.5 Å². The van der Waals surface area contributed by atoms with Crippen LogP contribution in [0, 0.1) is 18.6 Å². The number of halogens is 5. The second-order valence-electron chi connectivity index (χ2n) is 10.4. The van der Waals surface area contributed by atoms with Gasteiger partial charge in [-0.1, -0.05) is 36.4 Å². The van der Waals surface area contributed by atoms with Crippen molar-refractivity contribution in [3.63, 3.8) is 0 Å². The summed E-state index contributed by atoms with van der Waals surface area (Å²) in [6.07, 6.45) is -5.25. The van der Waals surface area contributed by atoms with Gasteiger partial charge >= 0.3 is 6.18 Å². The lowest BCUT2D eigenvalue weighted by Gasteiger charge is -2.27. The molecule has 4 aromatic rings. The first-order chi connectivity index (χ1) is 20.6. The Morgan fingerprint density at radius 3 is 2.47 bits per heavy atom. The van der Waals surface area contributed by atoms with E-state index in [0.29, 0.717) is 16.3 Å². The molecule has 5 nitrogen and oxygen atoms in total. The molecule has 2 aliphatic rings. The molecule has 0 saturated heterocycles. The Balaban J connectivity index is 1.61. The maximum atomic E-state index is 16.0. The highest BCUT2D eigenvalue weighted by Gasteiger charge is 2.38. The summed E-state index contributed by atoms with van der Waals surface area (Å²) in [5.74, 6) is -1.34. The molecule has 0 saturated carbocycles. The molecule has 0 amide bonds. The molecule has 3 heterocycles. The normalized spacial score (nSPS) is 16.7. The van der Waals surface area contributed by atoms with Gasteiger partial charge in [0.1, 0.15) is 19.0 Å². The van der Waals surface area contributed by atoms with Crippen LogP contribution in [-0.2, 0) is 12.6 Å². The zero-order chi connectivity index (χ0) is 30.5. The van der Waals surface area contributed by atoms with Crippen LogP contribution in [0.15, 0.2) is 70.5 Å². The van der Waals surface area contributed by atoms with Crippen molar-refractivity contribution < 1.29 is 31.4 Å². The number of hydrogen-bond acceptors (Lipinski definition) is 5. The van der Waals surface area contributed by atoms with Crippen LogP contribution in [0.25, 0.3) is 11.1 Å². The van der Waals surface area contributed by atoms with Crippen LogP contribution >= 0.6 is 11.8 Å². The van der Waals surface area contributed by atoms with Crippen LogP contribution in [0.4, 0.5) is 22.0 Å². The fourth-order valence-electron chi connectivity index (χ4n) is 5.99. The van der Waals surface area contributed by atoms with Gasteiger partial charge in [-0.25, -0.2) is 8.78 Å². The smallest absolute Gasteiger partial charge is 0.416 e. The maximum absolute atomic E-state index is 16.0. The first kappa shape index (κ1) is 29.3. The number of nitrogens with zero attached hydrogens (tertiary/aromatic N) is 1. The number of fused-ring (bicyclic) bond motifs is 2. The molecule has 3 aromatic carbocycles. The number of benzene rings is 3. The molecule has 224 valence electrons. The molecule has 2 atom stereocenters. The van der Waals surface area contributed by atoms with E-state index in [9.17, 15) is 18.0 Å². The van der Waals surface area contributed by atoms with E-state index >= 15 is 8.78 Å². The van der Waals surface area contributed by atoms with Gasteiger partial charge in [-0.05, 0) is 54.9 Å². The number of pyridine rings is 1. The van der Waals surface area contributed by atoms with E-state index in [0.717, 1.165) is 23.8 Å². The zero-order valence-corrected chi connectivity index (χ0v) is 24.0. The second kappa shape index (κ2) is 11.3. The van der Waals surface area contributed by atoms with Crippen molar-refractivity contribution in [2.75, 3.05) is 26.0 Å². The molecule has 2 aliphatic heterocycles. The first-order valence-electron chi connectivity index (χ1n) is 13.7. The van der Waals surface area contributed by atoms with Gasteiger partial charge in [-0.3, -0.25) is 9.36 Å². The van der Waals surface area contributed by atoms with Gasteiger partial charge in [-0.15, -0.1) is 11.8 Å². The highest BCUT2D eigenvalue weighted by molar-refractivity contribution is 7.99. The number of likely N-dealkylation sites (N-methyl/N-ethyl adjacent to an activating group) is 1. The molecule has 11 heteroatoms. The van der Waals surface area contributed by atoms with Crippen LogP contribution in [0.5, 0.6) is 11.5 Å². The lowest BCUT2D eigenvalue weighted by molar-refractivity contribution is -0.138. The Hall–Kier alpha value is -3.83. The number of nitrogens with one attached hydrogen (secondary N) is 1. The standard InChI is InChI=1S/C32H27F5N2O3S/c1-17-20(15-21-22(32(35,36)37)9-6-10-23(21)33)31-39(24(16-43-31)28(38-2)18-7-4-3-5-8-18)30(40)26(17)19-11-12-25-29(27(19)34)42-14-13-41-25/h3-12,24,28,38H,13-16H2,1-2H3. The molecule has 43 heavy (non-hydrogen) atoms. The van der Waals surface area contributed by atoms with Gasteiger partial charge in [0.15, 0.2) is 17.3 Å². The number of ether oxygens (including phenoxy) is 2. The van der Waals surface area contributed by atoms with Crippen LogP contribution in [0.1, 0.15) is 39.9 Å². The largest absolute Gasteiger partial charge is 0.486 e. The van der Waals surface area contributed by atoms with Crippen LogP contribution in [0.2, 0.25) is 0 Å². The third-order valence-electron chi connectivity index (χ3n) is 8.01. The van der Waals surface area contributed by atoms with Crippen molar-refractivity contribution in [2.45, 2.75) is 36.6 Å². The molecule has 0 aliphatic carbocycles. The second-order valence-corrected chi connectivity index (χ2v) is 11.4. The number of thioether (sulfide) groups is 1. The van der Waals surface area contributed by atoms with E-state index in [-0.39, 0.29) is 47.4 Å². The van der Waals surface area contributed by atoms with E-state index in [2.05, 4.69) is 5.32 Å². The monoisotopic (exact) mass is 614 g/mol. The number of hydrogen-bond donors (Lipinski definition) is 1. The lowest BCUT2D eigenvalue weighted by atomic mass is 9.91. The summed E-state index contributed by atoms with van der Waals surface area (Å²) in [5, 5.41) is 3.70. The maximum Gasteiger partial charge on any atom is 0.416 e. The molecule has 1 aromatic heterocycles. The van der Waals surface area contributed by atoms with Crippen LogP contribution < -0.4 is 20.3 Å². The van der Waals surface area contributed by atoms with E-state index in [4.69, 9.17) is 9.47 Å². The van der Waals surface area contributed by atoms with E-state index in [1.807, 2.05) is 30.3 Å². The predicted molar refractivity (Wildman–Crippen MR) is 154 cm³/mol. The fourth-order valence-corrected chi connectivity index (χ4v) is 7.42. The average molecular weight is 615 g/mol. The summed E-state index contributed by atoms with van der Waals surface area (Å²) in [6.45, 7) is 1.93. The molecule has 1 N–H and O–H groups in total. The predicted octanol–water partition coefficient (Wildman–Crippen LogP) is 7.09. The third kappa shape index (κ3) is 5.08. The summed E-state index contributed by atoms with van der Waals surface area (Å²) in [5.41, 5.74) is -0.711. The summed E-state index contributed by atoms with van der Waals surface area (Å²) >= 11 is 1.32. The fraction of sp³-hybridized carbons (Fsp3) is 0.281. The van der Waals surface area contributed by atoms with Crippen molar-refractivity contribution in [3.05, 3.63) is 110 Å². The van der Waals surface area contributed by atoms with E-state index < -0.39 is 47.0 Å². The van der Waals surface area contributed by atoms with Gasteiger partial charge in [0.05, 0.1) is 28.2 Å². The summed E-state index contributed by atoms with van der Waals surface area (Å²) in [7, 11) is 1.76. The van der Waals surface area contributed by atoms with Crippen molar-refractivity contribution in [1.29, 1.82) is 0 Å². The van der Waals surface area contributed by atoms with Crippen LogP contribution in [0.3, 0.4) is 0 Å². The zero-order valence-electron chi connectivity index (χ0n) is 23.2. The number of aromatic nitrogens is 1. The first-order valence-corrected chi connectivity index (χ1v) is 14.7. The molecule has 2 unspecified atom stereocenters. The molecular formula is C32H27F5N2O3S. The summed E-state index contributed by atoms with van der Waals surface area (Å²) in [6, 6.07) is 14.4. The quantitative estimate of drug-likeness (QED) is 0.235. The third-order valence-corrected chi connectivity index (χ3v) is 9.23. The van der Waals surface area contributed by atoms with Gasteiger partial charge < -0.3 is 14.8 Å². The number of rotatable bonds is 6. The van der Waals surface area contributed by atoms with E-state index in [1.165, 1.54) is 28.5 Å². The molecule has 0 fully saturated rings. The highest BCUT2D eigenvalue weighted by atomic mass is 32.2. The Labute approximate surface area is 248 Å². The molecular weight excluding hydrogens is 587 g/mol. The van der Waals surface area contributed by atoms with Crippen molar-refractivity contribution in [2.24, 2.45) is 0 Å². The van der Waals surface area contributed by atoms with Crippen molar-refractivity contribution in [3.8, 4) is 22.6 Å². The van der Waals surface area contributed by atoms with Crippen molar-refractivity contribution >= 4 is 11.8 Å². The van der Waals surface area contributed by atoms with Crippen LogP contribution in [-0.4, -0.2) is 30.6 Å². The minimum absolute atomic E-state index is 0.0199. The SMILES string of the molecule is CNC(c1ccccc1)C1CSc2c(Cc3c(F)cccc3C(F)(F)F)c(C)c(-c3ccc4c(c3F)OCCO4)c(=O)n21. The Kier molecular flexibility index (Phi) is 7.72. The molecule has 0 radical (unpaired) electrons. The Morgan fingerprint density at radius 2 is 1.74 bits per heavy atom. The Bertz CT molecular complexity index is 1760. The minimum atomic E-state index is -4.80.